The Morgan fingerprint density at radius 1 is 1.55 bits per heavy atom. The van der Waals surface area contributed by atoms with Crippen LogP contribution in [0.5, 0.6) is 0 Å². The SMILES string of the molecule is CC(CC(=O)NC1CCCNC1)c1cccc(F)c1.Cl. The molecule has 1 amide bonds. The molecule has 0 radical (unpaired) electrons. The first-order chi connectivity index (χ1) is 9.15. The molecule has 112 valence electrons. The molecule has 20 heavy (non-hydrogen) atoms. The van der Waals surface area contributed by atoms with Crippen LogP contribution < -0.4 is 10.6 Å². The Labute approximate surface area is 125 Å². The zero-order chi connectivity index (χ0) is 13.7. The summed E-state index contributed by atoms with van der Waals surface area (Å²) in [4.78, 5) is 11.9. The summed E-state index contributed by atoms with van der Waals surface area (Å²) in [7, 11) is 0. The maximum atomic E-state index is 13.1. The average molecular weight is 301 g/mol. The monoisotopic (exact) mass is 300 g/mol. The summed E-state index contributed by atoms with van der Waals surface area (Å²) >= 11 is 0. The number of benzene rings is 1. The van der Waals surface area contributed by atoms with E-state index in [0.717, 1.165) is 31.5 Å². The predicted octanol–water partition coefficient (Wildman–Crippen LogP) is 2.61. The second kappa shape index (κ2) is 8.22. The Bertz CT molecular complexity index is 436. The zero-order valence-electron chi connectivity index (χ0n) is 11.7. The molecular formula is C15H22ClFN2O. The Morgan fingerprint density at radius 3 is 3.00 bits per heavy atom. The number of carbonyl (C=O) groups is 1. The summed E-state index contributed by atoms with van der Waals surface area (Å²) in [6, 6.07) is 6.71. The van der Waals surface area contributed by atoms with E-state index >= 15 is 0 Å². The summed E-state index contributed by atoms with van der Waals surface area (Å²) in [5.41, 5.74) is 0.872. The number of amides is 1. The molecule has 1 aromatic carbocycles. The fraction of sp³-hybridized carbons (Fsp3) is 0.533. The maximum Gasteiger partial charge on any atom is 0.220 e. The first kappa shape index (κ1) is 16.9. The van der Waals surface area contributed by atoms with Crippen LogP contribution in [-0.4, -0.2) is 25.0 Å². The maximum absolute atomic E-state index is 13.1. The summed E-state index contributed by atoms with van der Waals surface area (Å²) < 4.78 is 13.1. The van der Waals surface area contributed by atoms with E-state index in [2.05, 4.69) is 10.6 Å². The number of carbonyl (C=O) groups excluding carboxylic acids is 1. The van der Waals surface area contributed by atoms with E-state index in [1.807, 2.05) is 13.0 Å². The Kier molecular flexibility index (Phi) is 6.96. The van der Waals surface area contributed by atoms with Gasteiger partial charge in [0, 0.05) is 19.0 Å². The van der Waals surface area contributed by atoms with Crippen LogP contribution in [-0.2, 0) is 4.79 Å². The summed E-state index contributed by atoms with van der Waals surface area (Å²) in [5, 5.41) is 6.31. The molecule has 0 bridgehead atoms. The van der Waals surface area contributed by atoms with Crippen LogP contribution in [0.1, 0.15) is 37.7 Å². The van der Waals surface area contributed by atoms with E-state index < -0.39 is 0 Å². The summed E-state index contributed by atoms with van der Waals surface area (Å²) in [5.74, 6) is -0.168. The number of piperidine rings is 1. The van der Waals surface area contributed by atoms with Crippen molar-refractivity contribution in [2.45, 2.75) is 38.1 Å². The van der Waals surface area contributed by atoms with Gasteiger partial charge >= 0.3 is 0 Å². The van der Waals surface area contributed by atoms with Gasteiger partial charge in [0.2, 0.25) is 5.91 Å². The fourth-order valence-electron chi connectivity index (χ4n) is 2.47. The van der Waals surface area contributed by atoms with Gasteiger partial charge in [-0.25, -0.2) is 4.39 Å². The van der Waals surface area contributed by atoms with Crippen molar-refractivity contribution < 1.29 is 9.18 Å². The molecule has 2 rings (SSSR count). The highest BCUT2D eigenvalue weighted by Crippen LogP contribution is 2.19. The van der Waals surface area contributed by atoms with Crippen LogP contribution >= 0.6 is 12.4 Å². The Balaban J connectivity index is 0.00000200. The molecule has 5 heteroatoms. The minimum Gasteiger partial charge on any atom is -0.352 e. The second-order valence-corrected chi connectivity index (χ2v) is 5.27. The first-order valence-electron chi connectivity index (χ1n) is 6.90. The molecule has 2 N–H and O–H groups in total. The number of halogens is 2. The molecular weight excluding hydrogens is 279 g/mol. The molecule has 1 aliphatic rings. The van der Waals surface area contributed by atoms with Crippen molar-refractivity contribution in [1.29, 1.82) is 0 Å². The molecule has 1 saturated heterocycles. The van der Waals surface area contributed by atoms with Crippen LogP contribution in [0.4, 0.5) is 4.39 Å². The van der Waals surface area contributed by atoms with Crippen LogP contribution in [0.2, 0.25) is 0 Å². The highest BCUT2D eigenvalue weighted by Gasteiger charge is 2.17. The normalized spacial score (nSPS) is 19.8. The fourth-order valence-corrected chi connectivity index (χ4v) is 2.47. The van der Waals surface area contributed by atoms with Crippen molar-refractivity contribution in [3.63, 3.8) is 0 Å². The topological polar surface area (TPSA) is 41.1 Å². The lowest BCUT2D eigenvalue weighted by atomic mass is 9.97. The molecule has 1 fully saturated rings. The highest BCUT2D eigenvalue weighted by molar-refractivity contribution is 5.85. The number of hydrogen-bond acceptors (Lipinski definition) is 2. The van der Waals surface area contributed by atoms with Crippen molar-refractivity contribution in [2.24, 2.45) is 0 Å². The van der Waals surface area contributed by atoms with E-state index in [9.17, 15) is 9.18 Å². The standard InChI is InChI=1S/C15H21FN2O.ClH/c1-11(12-4-2-5-13(16)9-12)8-15(19)18-14-6-3-7-17-10-14;/h2,4-5,9,11,14,17H,3,6-8,10H2,1H3,(H,18,19);1H. The van der Waals surface area contributed by atoms with Gasteiger partial charge in [-0.2, -0.15) is 0 Å². The van der Waals surface area contributed by atoms with Gasteiger partial charge in [-0.05, 0) is 43.0 Å². The molecule has 3 nitrogen and oxygen atoms in total. The second-order valence-electron chi connectivity index (χ2n) is 5.27. The number of hydrogen-bond donors (Lipinski definition) is 2. The minimum atomic E-state index is -0.249. The predicted molar refractivity (Wildman–Crippen MR) is 80.7 cm³/mol. The van der Waals surface area contributed by atoms with Gasteiger partial charge in [0.25, 0.3) is 0 Å². The van der Waals surface area contributed by atoms with E-state index in [1.54, 1.807) is 6.07 Å². The molecule has 0 spiro atoms. The largest absolute Gasteiger partial charge is 0.352 e. The van der Waals surface area contributed by atoms with Crippen molar-refractivity contribution in [2.75, 3.05) is 13.1 Å². The first-order valence-corrected chi connectivity index (χ1v) is 6.90. The molecule has 0 aliphatic carbocycles. The smallest absolute Gasteiger partial charge is 0.220 e. The van der Waals surface area contributed by atoms with Crippen molar-refractivity contribution in [3.8, 4) is 0 Å². The Hall–Kier alpha value is -1.13. The number of nitrogens with one attached hydrogen (secondary N) is 2. The molecule has 1 aromatic rings. The third-order valence-corrected chi connectivity index (χ3v) is 3.57. The zero-order valence-corrected chi connectivity index (χ0v) is 12.5. The highest BCUT2D eigenvalue weighted by atomic mass is 35.5. The van der Waals surface area contributed by atoms with Crippen LogP contribution in [0.3, 0.4) is 0 Å². The van der Waals surface area contributed by atoms with Crippen LogP contribution in [0.25, 0.3) is 0 Å². The van der Waals surface area contributed by atoms with Gasteiger partial charge < -0.3 is 10.6 Å². The van der Waals surface area contributed by atoms with Gasteiger partial charge in [-0.3, -0.25) is 4.79 Å². The molecule has 2 atom stereocenters. The molecule has 1 heterocycles. The summed E-state index contributed by atoms with van der Waals surface area (Å²) in [6.07, 6.45) is 2.54. The molecule has 0 saturated carbocycles. The van der Waals surface area contributed by atoms with Gasteiger partial charge in [0.1, 0.15) is 5.82 Å². The number of rotatable bonds is 4. The van der Waals surface area contributed by atoms with E-state index in [1.165, 1.54) is 12.1 Å². The third kappa shape index (κ3) is 5.10. The van der Waals surface area contributed by atoms with Crippen LogP contribution in [0.15, 0.2) is 24.3 Å². The molecule has 2 unspecified atom stereocenters. The van der Waals surface area contributed by atoms with Crippen molar-refractivity contribution in [3.05, 3.63) is 35.6 Å². The van der Waals surface area contributed by atoms with E-state index in [4.69, 9.17) is 0 Å². The minimum absolute atomic E-state index is 0. The van der Waals surface area contributed by atoms with Gasteiger partial charge in [-0.1, -0.05) is 19.1 Å². The van der Waals surface area contributed by atoms with Gasteiger partial charge in [-0.15, -0.1) is 12.4 Å². The molecule has 1 aliphatic heterocycles. The van der Waals surface area contributed by atoms with Gasteiger partial charge in [0.05, 0.1) is 0 Å². The lowest BCUT2D eigenvalue weighted by molar-refractivity contribution is -0.122. The summed E-state index contributed by atoms with van der Waals surface area (Å²) in [6.45, 7) is 3.83. The van der Waals surface area contributed by atoms with Crippen molar-refractivity contribution in [1.82, 2.24) is 10.6 Å². The van der Waals surface area contributed by atoms with Crippen LogP contribution in [0, 0.1) is 5.82 Å². The van der Waals surface area contributed by atoms with Gasteiger partial charge in [0.15, 0.2) is 0 Å². The van der Waals surface area contributed by atoms with E-state index in [0.29, 0.717) is 6.42 Å². The lowest BCUT2D eigenvalue weighted by Gasteiger charge is -2.24. The Morgan fingerprint density at radius 2 is 2.35 bits per heavy atom. The quantitative estimate of drug-likeness (QED) is 0.897. The lowest BCUT2D eigenvalue weighted by Crippen LogP contribution is -2.45. The van der Waals surface area contributed by atoms with Crippen molar-refractivity contribution >= 4 is 18.3 Å². The third-order valence-electron chi connectivity index (χ3n) is 3.57. The molecule has 0 aromatic heterocycles. The van der Waals surface area contributed by atoms with E-state index in [-0.39, 0.29) is 36.1 Å². The average Bonchev–Trinajstić information content (AvgIpc) is 2.39.